The minimum atomic E-state index is -0.683. The van der Waals surface area contributed by atoms with Crippen molar-refractivity contribution < 1.29 is 18.7 Å². The third kappa shape index (κ3) is 3.85. The van der Waals surface area contributed by atoms with Crippen LogP contribution in [0.2, 0.25) is 0 Å². The lowest BCUT2D eigenvalue weighted by molar-refractivity contribution is 0.101. The number of nitrogens with zero attached hydrogens (tertiary/aromatic N) is 1. The topological polar surface area (TPSA) is 88.8 Å². The Morgan fingerprint density at radius 2 is 2.00 bits per heavy atom. The van der Waals surface area contributed by atoms with Crippen LogP contribution in [-0.4, -0.2) is 25.5 Å². The first-order valence-electron chi connectivity index (χ1n) is 8.26. The third-order valence-electron chi connectivity index (χ3n) is 3.85. The fraction of sp³-hybridized carbons (Fsp3) is 0.211. The quantitative estimate of drug-likeness (QED) is 0.666. The van der Waals surface area contributed by atoms with Crippen molar-refractivity contribution in [2.45, 2.75) is 13.8 Å². The van der Waals surface area contributed by atoms with Crippen LogP contribution in [0.15, 0.2) is 45.6 Å². The molecule has 1 aromatic carbocycles. The second-order valence-corrected chi connectivity index (χ2v) is 6.80. The molecule has 0 saturated heterocycles. The van der Waals surface area contributed by atoms with Gasteiger partial charge in [-0.3, -0.25) is 9.69 Å². The molecule has 0 aliphatic heterocycles. The number of Topliss-reactive ketones (excluding diaryl/α,β-unsaturated/α-hetero) is 1. The summed E-state index contributed by atoms with van der Waals surface area (Å²) in [7, 11) is 1.60. The number of urea groups is 1. The molecule has 0 saturated carbocycles. The molecule has 0 atom stereocenters. The number of ether oxygens (including phenoxy) is 1. The molecule has 0 radical (unpaired) electrons. The molecule has 2 amide bonds. The number of anilines is 2. The molecule has 0 spiro atoms. The van der Waals surface area contributed by atoms with Crippen LogP contribution in [0.5, 0.6) is 5.75 Å². The van der Waals surface area contributed by atoms with Gasteiger partial charge >= 0.3 is 11.7 Å². The lowest BCUT2D eigenvalue weighted by Crippen LogP contribution is -2.30. The number of nitrogens with one attached hydrogen (secondary N) is 1. The van der Waals surface area contributed by atoms with Gasteiger partial charge in [0.2, 0.25) is 0 Å². The van der Waals surface area contributed by atoms with Crippen LogP contribution in [0, 0.1) is 0 Å². The summed E-state index contributed by atoms with van der Waals surface area (Å²) in [6.07, 6.45) is 0. The van der Waals surface area contributed by atoms with E-state index in [2.05, 4.69) is 5.32 Å². The van der Waals surface area contributed by atoms with Gasteiger partial charge in [0.15, 0.2) is 11.4 Å². The molecule has 140 valence electrons. The van der Waals surface area contributed by atoms with E-state index in [-0.39, 0.29) is 17.4 Å². The summed E-state index contributed by atoms with van der Waals surface area (Å²) in [5.41, 5.74) is 0.202. The van der Waals surface area contributed by atoms with Gasteiger partial charge in [-0.2, -0.15) is 0 Å². The summed E-state index contributed by atoms with van der Waals surface area (Å²) >= 11 is 1.25. The number of para-hydroxylation sites is 2. The van der Waals surface area contributed by atoms with E-state index in [0.717, 1.165) is 0 Å². The molecule has 0 unspecified atom stereocenters. The van der Waals surface area contributed by atoms with Gasteiger partial charge in [-0.15, -0.1) is 11.3 Å². The van der Waals surface area contributed by atoms with Gasteiger partial charge in [0.25, 0.3) is 0 Å². The van der Waals surface area contributed by atoms with Crippen LogP contribution in [0.4, 0.5) is 15.5 Å². The fourth-order valence-electron chi connectivity index (χ4n) is 2.46. The van der Waals surface area contributed by atoms with Crippen molar-refractivity contribution in [1.29, 1.82) is 0 Å². The maximum atomic E-state index is 12.6. The Morgan fingerprint density at radius 1 is 1.26 bits per heavy atom. The Balaban J connectivity index is 1.87. The maximum absolute atomic E-state index is 12.6. The molecule has 0 aliphatic carbocycles. The van der Waals surface area contributed by atoms with E-state index in [1.807, 2.05) is 13.0 Å². The minimum absolute atomic E-state index is 0.00588. The smallest absolute Gasteiger partial charge is 0.347 e. The second-order valence-electron chi connectivity index (χ2n) is 5.74. The molecule has 2 aromatic heterocycles. The number of fused-ring (bicyclic) bond motifs is 1. The first kappa shape index (κ1) is 18.7. The molecule has 7 nitrogen and oxygen atoms in total. The van der Waals surface area contributed by atoms with Crippen LogP contribution in [0.25, 0.3) is 10.3 Å². The van der Waals surface area contributed by atoms with E-state index >= 15 is 0 Å². The predicted octanol–water partition coefficient (Wildman–Crippen LogP) is 4.12. The lowest BCUT2D eigenvalue weighted by atomic mass is 10.2. The number of ketones is 1. The van der Waals surface area contributed by atoms with Crippen molar-refractivity contribution in [2.75, 3.05) is 23.9 Å². The average Bonchev–Trinajstić information content (AvgIpc) is 3.04. The van der Waals surface area contributed by atoms with Crippen molar-refractivity contribution in [3.8, 4) is 5.75 Å². The predicted molar refractivity (Wildman–Crippen MR) is 105 cm³/mol. The van der Waals surface area contributed by atoms with Gasteiger partial charge in [0.1, 0.15) is 16.3 Å². The van der Waals surface area contributed by atoms with Crippen LogP contribution >= 0.6 is 11.3 Å². The number of thiophene rings is 1. The molecular formula is C19H18N2O5S. The Labute approximate surface area is 159 Å². The summed E-state index contributed by atoms with van der Waals surface area (Å²) in [6, 6.07) is 9.87. The van der Waals surface area contributed by atoms with E-state index < -0.39 is 5.63 Å². The molecule has 27 heavy (non-hydrogen) atoms. The molecule has 0 bridgehead atoms. The van der Waals surface area contributed by atoms with Gasteiger partial charge in [-0.1, -0.05) is 12.1 Å². The van der Waals surface area contributed by atoms with Crippen molar-refractivity contribution in [3.05, 3.63) is 52.4 Å². The van der Waals surface area contributed by atoms with E-state index in [9.17, 15) is 14.4 Å². The van der Waals surface area contributed by atoms with Crippen molar-refractivity contribution in [2.24, 2.45) is 0 Å². The fourth-order valence-corrected chi connectivity index (χ4v) is 3.45. The van der Waals surface area contributed by atoms with Crippen LogP contribution in [0.1, 0.15) is 24.2 Å². The average molecular weight is 386 g/mol. The Hall–Kier alpha value is -3.13. The standard InChI is InChI=1S/C19H18N2O5S/c1-4-25-14-8-6-5-7-13(14)20-19(24)21(3)17-10-15-16(27-17)9-12(11(2)22)18(23)26-15/h5-10H,4H2,1-3H3,(H,20,24). The van der Waals surface area contributed by atoms with Crippen LogP contribution < -0.4 is 20.6 Å². The normalized spacial score (nSPS) is 10.6. The highest BCUT2D eigenvalue weighted by atomic mass is 32.1. The highest BCUT2D eigenvalue weighted by Crippen LogP contribution is 2.32. The van der Waals surface area contributed by atoms with E-state index in [4.69, 9.17) is 9.15 Å². The highest BCUT2D eigenvalue weighted by Gasteiger charge is 2.18. The summed E-state index contributed by atoms with van der Waals surface area (Å²) in [5.74, 6) is 0.217. The first-order chi connectivity index (χ1) is 12.9. The number of carbonyl (C=O) groups excluding carboxylic acids is 2. The number of rotatable bonds is 5. The summed E-state index contributed by atoms with van der Waals surface area (Å²) in [5, 5.41) is 3.37. The van der Waals surface area contributed by atoms with Gasteiger partial charge < -0.3 is 14.5 Å². The van der Waals surface area contributed by atoms with Gasteiger partial charge in [0, 0.05) is 13.1 Å². The zero-order valence-electron chi connectivity index (χ0n) is 15.1. The molecule has 0 fully saturated rings. The van der Waals surface area contributed by atoms with Crippen LogP contribution in [0.3, 0.4) is 0 Å². The molecule has 2 heterocycles. The summed E-state index contributed by atoms with van der Waals surface area (Å²) in [6.45, 7) is 3.66. The number of amides is 2. The Morgan fingerprint density at radius 3 is 2.70 bits per heavy atom. The SMILES string of the molecule is CCOc1ccccc1NC(=O)N(C)c1cc2oc(=O)c(C(C)=O)cc2s1. The third-order valence-corrected chi connectivity index (χ3v) is 4.99. The van der Waals surface area contributed by atoms with Crippen molar-refractivity contribution >= 4 is 44.1 Å². The Bertz CT molecular complexity index is 1070. The number of hydrogen-bond donors (Lipinski definition) is 1. The lowest BCUT2D eigenvalue weighted by Gasteiger charge is -2.17. The zero-order valence-corrected chi connectivity index (χ0v) is 15.9. The molecule has 0 aliphatic rings. The van der Waals surface area contributed by atoms with Gasteiger partial charge in [0.05, 0.1) is 17.0 Å². The molecule has 1 N–H and O–H groups in total. The minimum Gasteiger partial charge on any atom is -0.492 e. The van der Waals surface area contributed by atoms with E-state index in [1.54, 1.807) is 31.3 Å². The number of hydrogen-bond acceptors (Lipinski definition) is 6. The maximum Gasteiger partial charge on any atom is 0.347 e. The van der Waals surface area contributed by atoms with E-state index in [1.165, 1.54) is 29.2 Å². The Kier molecular flexibility index (Phi) is 5.27. The van der Waals surface area contributed by atoms with Crippen LogP contribution in [-0.2, 0) is 0 Å². The molecule has 8 heteroatoms. The number of carbonyl (C=O) groups is 2. The number of benzene rings is 1. The summed E-state index contributed by atoms with van der Waals surface area (Å²) < 4.78 is 11.3. The molecule has 3 aromatic rings. The highest BCUT2D eigenvalue weighted by molar-refractivity contribution is 7.22. The first-order valence-corrected chi connectivity index (χ1v) is 9.07. The van der Waals surface area contributed by atoms with Gasteiger partial charge in [-0.05, 0) is 32.0 Å². The van der Waals surface area contributed by atoms with E-state index in [0.29, 0.717) is 33.3 Å². The zero-order chi connectivity index (χ0) is 19.6. The largest absolute Gasteiger partial charge is 0.492 e. The van der Waals surface area contributed by atoms with Crippen molar-refractivity contribution in [3.63, 3.8) is 0 Å². The van der Waals surface area contributed by atoms with Gasteiger partial charge in [-0.25, -0.2) is 9.59 Å². The molecule has 3 rings (SSSR count). The second kappa shape index (κ2) is 7.63. The summed E-state index contributed by atoms with van der Waals surface area (Å²) in [4.78, 5) is 37.4. The van der Waals surface area contributed by atoms with Crippen molar-refractivity contribution in [1.82, 2.24) is 0 Å². The monoisotopic (exact) mass is 386 g/mol. The molecular weight excluding hydrogens is 368 g/mol.